The van der Waals surface area contributed by atoms with Crippen molar-refractivity contribution in [3.63, 3.8) is 0 Å². The van der Waals surface area contributed by atoms with Gasteiger partial charge in [0, 0.05) is 11.4 Å². The Bertz CT molecular complexity index is 826. The molecule has 0 atom stereocenters. The molecule has 2 aromatic rings. The number of amides is 1. The molecular formula is C20H26N2O3S. The molecule has 0 fully saturated rings. The average molecular weight is 375 g/mol. The molecule has 0 aliphatic heterocycles. The zero-order chi connectivity index (χ0) is 19.2. The Balaban J connectivity index is 1.91. The zero-order valence-corrected chi connectivity index (χ0v) is 16.3. The molecule has 0 unspecified atom stereocenters. The van der Waals surface area contributed by atoms with Gasteiger partial charge in [0.25, 0.3) is 0 Å². The summed E-state index contributed by atoms with van der Waals surface area (Å²) in [5, 5.41) is 2.83. The summed E-state index contributed by atoms with van der Waals surface area (Å²) >= 11 is 0. The summed E-state index contributed by atoms with van der Waals surface area (Å²) in [4.78, 5) is 12.2. The standard InChI is InChI=1S/C20H26N2O3S/c1-4-26(24,25)22-19-11-9-18(10-12-19)21-20(23)14-17-7-5-16(6-8-17)13-15(2)3/h5-12,15,22H,4,13-14H2,1-3H3,(H,21,23). The molecule has 0 aromatic heterocycles. The van der Waals surface area contributed by atoms with Crippen LogP contribution in [0.2, 0.25) is 0 Å². The minimum absolute atomic E-state index is 0.0153. The molecule has 0 spiro atoms. The average Bonchev–Trinajstić information content (AvgIpc) is 2.58. The van der Waals surface area contributed by atoms with E-state index in [9.17, 15) is 13.2 Å². The fraction of sp³-hybridized carbons (Fsp3) is 0.350. The Morgan fingerprint density at radius 2 is 1.46 bits per heavy atom. The summed E-state index contributed by atoms with van der Waals surface area (Å²) in [6.07, 6.45) is 1.33. The van der Waals surface area contributed by atoms with Crippen molar-refractivity contribution in [1.29, 1.82) is 0 Å². The lowest BCUT2D eigenvalue weighted by Gasteiger charge is -2.09. The molecule has 2 rings (SSSR count). The van der Waals surface area contributed by atoms with E-state index in [0.29, 0.717) is 23.7 Å². The van der Waals surface area contributed by atoms with Crippen molar-refractivity contribution >= 4 is 27.3 Å². The molecule has 2 N–H and O–H groups in total. The molecule has 0 bridgehead atoms. The number of rotatable bonds is 8. The Labute approximate surface area is 155 Å². The summed E-state index contributed by atoms with van der Waals surface area (Å²) in [6, 6.07) is 14.7. The Morgan fingerprint density at radius 1 is 0.923 bits per heavy atom. The predicted octanol–water partition coefficient (Wildman–Crippen LogP) is 3.83. The molecule has 0 aliphatic rings. The van der Waals surface area contributed by atoms with Crippen LogP contribution < -0.4 is 10.0 Å². The van der Waals surface area contributed by atoms with Gasteiger partial charge in [-0.2, -0.15) is 0 Å². The van der Waals surface area contributed by atoms with Crippen LogP contribution in [0.15, 0.2) is 48.5 Å². The molecule has 0 saturated heterocycles. The van der Waals surface area contributed by atoms with Crippen LogP contribution in [0.25, 0.3) is 0 Å². The maximum absolute atomic E-state index is 12.2. The maximum Gasteiger partial charge on any atom is 0.232 e. The van der Waals surface area contributed by atoms with Gasteiger partial charge in [-0.05, 0) is 54.7 Å². The molecule has 0 heterocycles. The van der Waals surface area contributed by atoms with Crippen molar-refractivity contribution in [2.75, 3.05) is 15.8 Å². The summed E-state index contributed by atoms with van der Waals surface area (Å²) < 4.78 is 25.5. The van der Waals surface area contributed by atoms with Crippen LogP contribution in [0.5, 0.6) is 0 Å². The van der Waals surface area contributed by atoms with Gasteiger partial charge < -0.3 is 5.32 Å². The first kappa shape index (κ1) is 20.0. The first-order valence-corrected chi connectivity index (χ1v) is 10.4. The van der Waals surface area contributed by atoms with E-state index in [0.717, 1.165) is 12.0 Å². The van der Waals surface area contributed by atoms with Crippen LogP contribution in [0.4, 0.5) is 11.4 Å². The number of hydrogen-bond acceptors (Lipinski definition) is 3. The molecule has 0 aliphatic carbocycles. The van der Waals surface area contributed by atoms with Gasteiger partial charge in [-0.1, -0.05) is 38.1 Å². The molecule has 1 amide bonds. The van der Waals surface area contributed by atoms with Gasteiger partial charge in [0.2, 0.25) is 15.9 Å². The number of sulfonamides is 1. The normalized spacial score (nSPS) is 11.4. The topological polar surface area (TPSA) is 75.3 Å². The van der Waals surface area contributed by atoms with E-state index in [4.69, 9.17) is 0 Å². The van der Waals surface area contributed by atoms with Crippen LogP contribution in [0.3, 0.4) is 0 Å². The largest absolute Gasteiger partial charge is 0.326 e. The minimum Gasteiger partial charge on any atom is -0.326 e. The fourth-order valence-corrected chi connectivity index (χ4v) is 3.17. The maximum atomic E-state index is 12.2. The van der Waals surface area contributed by atoms with Crippen molar-refractivity contribution in [1.82, 2.24) is 0 Å². The van der Waals surface area contributed by atoms with Crippen molar-refractivity contribution in [2.24, 2.45) is 5.92 Å². The highest BCUT2D eigenvalue weighted by atomic mass is 32.2. The molecule has 5 nitrogen and oxygen atoms in total. The summed E-state index contributed by atoms with van der Waals surface area (Å²) in [5.74, 6) is 0.513. The van der Waals surface area contributed by atoms with Crippen molar-refractivity contribution in [2.45, 2.75) is 33.6 Å². The van der Waals surface area contributed by atoms with E-state index >= 15 is 0 Å². The highest BCUT2D eigenvalue weighted by Gasteiger charge is 2.08. The lowest BCUT2D eigenvalue weighted by atomic mass is 10.0. The van der Waals surface area contributed by atoms with E-state index in [1.807, 2.05) is 12.1 Å². The van der Waals surface area contributed by atoms with Gasteiger partial charge in [0.15, 0.2) is 0 Å². The third-order valence-electron chi connectivity index (χ3n) is 3.85. The number of nitrogens with one attached hydrogen (secondary N) is 2. The molecule has 0 radical (unpaired) electrons. The van der Waals surface area contributed by atoms with E-state index in [1.54, 1.807) is 31.2 Å². The number of anilines is 2. The van der Waals surface area contributed by atoms with Gasteiger partial charge in [0.1, 0.15) is 0 Å². The van der Waals surface area contributed by atoms with Gasteiger partial charge in [-0.15, -0.1) is 0 Å². The summed E-state index contributed by atoms with van der Waals surface area (Å²) in [5.41, 5.74) is 3.34. The van der Waals surface area contributed by atoms with Gasteiger partial charge >= 0.3 is 0 Å². The Hall–Kier alpha value is -2.34. The SMILES string of the molecule is CCS(=O)(=O)Nc1ccc(NC(=O)Cc2ccc(CC(C)C)cc2)cc1. The Kier molecular flexibility index (Phi) is 6.80. The highest BCUT2D eigenvalue weighted by molar-refractivity contribution is 7.92. The van der Waals surface area contributed by atoms with Crippen LogP contribution >= 0.6 is 0 Å². The van der Waals surface area contributed by atoms with E-state index < -0.39 is 10.0 Å². The number of carbonyl (C=O) groups is 1. The van der Waals surface area contributed by atoms with E-state index in [-0.39, 0.29) is 11.7 Å². The molecule has 26 heavy (non-hydrogen) atoms. The van der Waals surface area contributed by atoms with E-state index in [2.05, 4.69) is 36.0 Å². The molecular weight excluding hydrogens is 348 g/mol. The summed E-state index contributed by atoms with van der Waals surface area (Å²) in [6.45, 7) is 5.94. The number of benzene rings is 2. The second-order valence-corrected chi connectivity index (χ2v) is 8.73. The van der Waals surface area contributed by atoms with Crippen LogP contribution in [0, 0.1) is 5.92 Å². The van der Waals surface area contributed by atoms with Gasteiger partial charge in [0.05, 0.1) is 12.2 Å². The summed E-state index contributed by atoms with van der Waals surface area (Å²) in [7, 11) is -3.30. The second-order valence-electron chi connectivity index (χ2n) is 6.72. The second kappa shape index (κ2) is 8.85. The molecule has 140 valence electrons. The molecule has 0 saturated carbocycles. The quantitative estimate of drug-likeness (QED) is 0.737. The zero-order valence-electron chi connectivity index (χ0n) is 15.5. The van der Waals surface area contributed by atoms with Crippen molar-refractivity contribution < 1.29 is 13.2 Å². The Morgan fingerprint density at radius 3 is 2.00 bits per heavy atom. The van der Waals surface area contributed by atoms with Gasteiger partial charge in [-0.25, -0.2) is 8.42 Å². The molecule has 2 aromatic carbocycles. The van der Waals surface area contributed by atoms with Crippen LogP contribution in [0.1, 0.15) is 31.9 Å². The third-order valence-corrected chi connectivity index (χ3v) is 5.16. The monoisotopic (exact) mass is 374 g/mol. The van der Waals surface area contributed by atoms with Gasteiger partial charge in [-0.3, -0.25) is 9.52 Å². The van der Waals surface area contributed by atoms with Crippen molar-refractivity contribution in [3.8, 4) is 0 Å². The first-order valence-electron chi connectivity index (χ1n) is 8.75. The third kappa shape index (κ3) is 6.52. The van der Waals surface area contributed by atoms with E-state index in [1.165, 1.54) is 5.56 Å². The van der Waals surface area contributed by atoms with Crippen LogP contribution in [-0.2, 0) is 27.7 Å². The first-order chi connectivity index (χ1) is 12.3. The predicted molar refractivity (Wildman–Crippen MR) is 107 cm³/mol. The van der Waals surface area contributed by atoms with Crippen molar-refractivity contribution in [3.05, 3.63) is 59.7 Å². The minimum atomic E-state index is -3.30. The van der Waals surface area contributed by atoms with Crippen LogP contribution in [-0.4, -0.2) is 20.1 Å². The number of carbonyl (C=O) groups excluding carboxylic acids is 1. The highest BCUT2D eigenvalue weighted by Crippen LogP contribution is 2.16. The smallest absolute Gasteiger partial charge is 0.232 e. The number of hydrogen-bond donors (Lipinski definition) is 2. The molecule has 6 heteroatoms. The lowest BCUT2D eigenvalue weighted by molar-refractivity contribution is -0.115. The lowest BCUT2D eigenvalue weighted by Crippen LogP contribution is -2.15. The fourth-order valence-electron chi connectivity index (χ4n) is 2.53.